The van der Waals surface area contributed by atoms with Crippen LogP contribution in [0.4, 0.5) is 0 Å². The Hall–Kier alpha value is 0.570. The Labute approximate surface area is 75.6 Å². The van der Waals surface area contributed by atoms with Gasteiger partial charge in [-0.2, -0.15) is 0 Å². The van der Waals surface area contributed by atoms with Crippen molar-refractivity contribution in [2.45, 2.75) is 23.2 Å². The van der Waals surface area contributed by atoms with Crippen molar-refractivity contribution in [1.29, 1.82) is 0 Å². The van der Waals surface area contributed by atoms with Crippen LogP contribution in [0.1, 0.15) is 13.3 Å². The third-order valence-corrected chi connectivity index (χ3v) is 1.68. The van der Waals surface area contributed by atoms with Crippen LogP contribution in [-0.2, 0) is 0 Å². The van der Waals surface area contributed by atoms with Crippen LogP contribution in [0.15, 0.2) is 12.2 Å². The number of aliphatic hydroxyl groups excluding tert-OH is 1. The van der Waals surface area contributed by atoms with Crippen molar-refractivity contribution in [2.24, 2.45) is 0 Å². The van der Waals surface area contributed by atoms with E-state index in [1.165, 1.54) is 0 Å². The number of alkyl halides is 3. The van der Waals surface area contributed by atoms with Crippen LogP contribution in [0.25, 0.3) is 0 Å². The molecule has 1 atom stereocenters. The molecule has 0 aromatic heterocycles. The molecule has 0 spiro atoms. The predicted molar refractivity (Wildman–Crippen MR) is 45.7 cm³/mol. The average molecular weight is 203 g/mol. The van der Waals surface area contributed by atoms with E-state index in [1.54, 1.807) is 6.92 Å². The summed E-state index contributed by atoms with van der Waals surface area (Å²) in [5.74, 6) is 0. The van der Waals surface area contributed by atoms with E-state index in [2.05, 4.69) is 6.58 Å². The summed E-state index contributed by atoms with van der Waals surface area (Å²) in [6.07, 6.45) is -0.647. The number of rotatable bonds is 2. The minimum atomic E-state index is -1.60. The normalized spacial score (nSPS) is 14.9. The summed E-state index contributed by atoms with van der Waals surface area (Å²) in [4.78, 5) is 0. The van der Waals surface area contributed by atoms with Crippen molar-refractivity contribution in [1.82, 2.24) is 0 Å². The van der Waals surface area contributed by atoms with Crippen LogP contribution < -0.4 is 0 Å². The van der Waals surface area contributed by atoms with Gasteiger partial charge < -0.3 is 5.11 Å². The third-order valence-electron chi connectivity index (χ3n) is 0.920. The van der Waals surface area contributed by atoms with Crippen LogP contribution in [0.5, 0.6) is 0 Å². The van der Waals surface area contributed by atoms with E-state index in [1.807, 2.05) is 0 Å². The predicted octanol–water partition coefficient (Wildman–Crippen LogP) is 2.68. The topological polar surface area (TPSA) is 20.2 Å². The van der Waals surface area contributed by atoms with E-state index in [0.29, 0.717) is 6.42 Å². The van der Waals surface area contributed by atoms with Crippen molar-refractivity contribution in [2.75, 3.05) is 0 Å². The number of hydrogen-bond donors (Lipinski definition) is 1. The molecule has 10 heavy (non-hydrogen) atoms. The van der Waals surface area contributed by atoms with Gasteiger partial charge in [-0.15, -0.1) is 6.58 Å². The molecule has 1 N–H and O–H groups in total. The molecule has 0 bridgehead atoms. The van der Waals surface area contributed by atoms with Crippen molar-refractivity contribution in [3.63, 3.8) is 0 Å². The molecular formula is C6H9Cl3O. The monoisotopic (exact) mass is 202 g/mol. The highest BCUT2D eigenvalue weighted by molar-refractivity contribution is 6.68. The Morgan fingerprint density at radius 3 is 2.10 bits per heavy atom. The first kappa shape index (κ1) is 10.6. The Morgan fingerprint density at radius 2 is 2.00 bits per heavy atom. The molecule has 0 amide bonds. The highest BCUT2D eigenvalue weighted by atomic mass is 35.6. The Morgan fingerprint density at radius 1 is 1.60 bits per heavy atom. The summed E-state index contributed by atoms with van der Waals surface area (Å²) in [7, 11) is 0. The largest absolute Gasteiger partial charge is 0.388 e. The summed E-state index contributed by atoms with van der Waals surface area (Å²) in [6, 6.07) is 0. The standard InChI is InChI=1S/C6H9Cl3O/c1-4(2)3-5(10)6(7,8)9/h5,10H,1,3H2,2H3. The summed E-state index contributed by atoms with van der Waals surface area (Å²) in [5.41, 5.74) is 0.791. The zero-order valence-electron chi connectivity index (χ0n) is 5.57. The lowest BCUT2D eigenvalue weighted by Gasteiger charge is -2.18. The van der Waals surface area contributed by atoms with Crippen LogP contribution in [0.3, 0.4) is 0 Å². The Balaban J connectivity index is 3.85. The summed E-state index contributed by atoms with van der Waals surface area (Å²) in [6.45, 7) is 5.34. The molecule has 4 heteroatoms. The minimum absolute atomic E-state index is 0.316. The van der Waals surface area contributed by atoms with Gasteiger partial charge in [0.1, 0.15) is 6.10 Å². The quantitative estimate of drug-likeness (QED) is 0.540. The first-order valence-electron chi connectivity index (χ1n) is 2.73. The molecule has 0 aromatic rings. The smallest absolute Gasteiger partial charge is 0.216 e. The summed E-state index contributed by atoms with van der Waals surface area (Å²) in [5, 5.41) is 9.10. The fraction of sp³-hybridized carbons (Fsp3) is 0.667. The van der Waals surface area contributed by atoms with Gasteiger partial charge in [0.15, 0.2) is 0 Å². The van der Waals surface area contributed by atoms with Crippen molar-refractivity contribution >= 4 is 34.8 Å². The molecule has 0 fully saturated rings. The molecule has 0 aromatic carbocycles. The molecule has 60 valence electrons. The van der Waals surface area contributed by atoms with Gasteiger partial charge in [0.05, 0.1) is 0 Å². The lowest BCUT2D eigenvalue weighted by molar-refractivity contribution is 0.179. The fourth-order valence-corrected chi connectivity index (χ4v) is 0.677. The lowest BCUT2D eigenvalue weighted by atomic mass is 10.2. The van der Waals surface area contributed by atoms with Crippen molar-refractivity contribution in [3.05, 3.63) is 12.2 Å². The zero-order valence-corrected chi connectivity index (χ0v) is 7.84. The highest BCUT2D eigenvalue weighted by Crippen LogP contribution is 2.32. The second-order valence-corrected chi connectivity index (χ2v) is 4.59. The molecule has 0 radical (unpaired) electrons. The van der Waals surface area contributed by atoms with E-state index >= 15 is 0 Å². The number of halogens is 3. The minimum Gasteiger partial charge on any atom is -0.388 e. The van der Waals surface area contributed by atoms with Gasteiger partial charge in [-0.3, -0.25) is 0 Å². The molecule has 0 aliphatic carbocycles. The SMILES string of the molecule is C=C(C)CC(O)C(Cl)(Cl)Cl. The second-order valence-electron chi connectivity index (χ2n) is 2.22. The molecule has 1 unspecified atom stereocenters. The first-order chi connectivity index (χ1) is 4.34. The molecule has 0 saturated heterocycles. The molecule has 0 aliphatic rings. The maximum absolute atomic E-state index is 9.10. The van der Waals surface area contributed by atoms with Gasteiger partial charge in [-0.05, 0) is 13.3 Å². The van der Waals surface area contributed by atoms with E-state index in [-0.39, 0.29) is 0 Å². The van der Waals surface area contributed by atoms with Crippen LogP contribution in [-0.4, -0.2) is 15.0 Å². The molecule has 0 saturated carbocycles. The maximum Gasteiger partial charge on any atom is 0.216 e. The van der Waals surface area contributed by atoms with Crippen LogP contribution in [0.2, 0.25) is 0 Å². The van der Waals surface area contributed by atoms with Gasteiger partial charge in [0.2, 0.25) is 3.79 Å². The molecule has 0 rings (SSSR count). The first-order valence-corrected chi connectivity index (χ1v) is 3.86. The maximum atomic E-state index is 9.10. The van der Waals surface area contributed by atoms with Gasteiger partial charge in [0, 0.05) is 0 Å². The van der Waals surface area contributed by atoms with Gasteiger partial charge in [-0.25, -0.2) is 0 Å². The number of aliphatic hydroxyl groups is 1. The average Bonchev–Trinajstić information content (AvgIpc) is 1.60. The highest BCUT2D eigenvalue weighted by Gasteiger charge is 2.30. The van der Waals surface area contributed by atoms with E-state index in [4.69, 9.17) is 39.9 Å². The lowest BCUT2D eigenvalue weighted by Crippen LogP contribution is -2.24. The van der Waals surface area contributed by atoms with Crippen molar-refractivity contribution in [3.8, 4) is 0 Å². The fourth-order valence-electron chi connectivity index (χ4n) is 0.446. The summed E-state index contributed by atoms with van der Waals surface area (Å²) < 4.78 is -1.60. The van der Waals surface area contributed by atoms with Crippen LogP contribution in [0, 0.1) is 0 Å². The summed E-state index contributed by atoms with van der Waals surface area (Å²) >= 11 is 16.1. The van der Waals surface area contributed by atoms with E-state index in [9.17, 15) is 0 Å². The Bertz CT molecular complexity index is 127. The molecule has 0 aliphatic heterocycles. The molecule has 1 nitrogen and oxygen atoms in total. The zero-order chi connectivity index (χ0) is 8.36. The third kappa shape index (κ3) is 4.40. The van der Waals surface area contributed by atoms with Crippen molar-refractivity contribution < 1.29 is 5.11 Å². The van der Waals surface area contributed by atoms with E-state index in [0.717, 1.165) is 5.57 Å². The number of hydrogen-bond acceptors (Lipinski definition) is 1. The molecular weight excluding hydrogens is 194 g/mol. The van der Waals surface area contributed by atoms with E-state index < -0.39 is 9.90 Å². The Kier molecular flexibility index (Phi) is 4.03. The second kappa shape index (κ2) is 3.82. The van der Waals surface area contributed by atoms with Crippen LogP contribution >= 0.6 is 34.8 Å². The van der Waals surface area contributed by atoms with Gasteiger partial charge >= 0.3 is 0 Å². The van der Waals surface area contributed by atoms with Gasteiger partial charge in [-0.1, -0.05) is 40.4 Å². The van der Waals surface area contributed by atoms with Gasteiger partial charge in [0.25, 0.3) is 0 Å². The molecule has 0 heterocycles.